The highest BCUT2D eigenvalue weighted by Gasteiger charge is 2.02. The Morgan fingerprint density at radius 3 is 2.69 bits per heavy atom. The van der Waals surface area contributed by atoms with Crippen molar-refractivity contribution in [3.05, 3.63) is 56.4 Å². The highest BCUT2D eigenvalue weighted by atomic mass is 32.2. The van der Waals surface area contributed by atoms with Crippen LogP contribution in [0.3, 0.4) is 0 Å². The summed E-state index contributed by atoms with van der Waals surface area (Å²) in [5.74, 6) is 0.866. The minimum absolute atomic E-state index is 0.401. The van der Waals surface area contributed by atoms with E-state index < -0.39 is 4.92 Å². The predicted molar refractivity (Wildman–Crippen MR) is 71.2 cm³/mol. The van der Waals surface area contributed by atoms with Gasteiger partial charge < -0.3 is 0 Å². The molecule has 0 saturated heterocycles. The molecule has 0 spiro atoms. The van der Waals surface area contributed by atoms with Crippen LogP contribution in [0.5, 0.6) is 0 Å². The van der Waals surface area contributed by atoms with Crippen LogP contribution in [-0.4, -0.2) is 16.9 Å². The van der Waals surface area contributed by atoms with Gasteiger partial charge in [0.1, 0.15) is 4.24 Å². The summed E-state index contributed by atoms with van der Waals surface area (Å²) >= 11 is 2.94. The fourth-order valence-corrected chi connectivity index (χ4v) is 2.76. The molecule has 3 nitrogen and oxygen atoms in total. The fraction of sp³-hybridized carbons (Fsp3) is 0.273. The van der Waals surface area contributed by atoms with E-state index in [2.05, 4.69) is 12.1 Å². The first-order valence-electron chi connectivity index (χ1n) is 4.78. The average Bonchev–Trinajstić information content (AvgIpc) is 2.28. The van der Waals surface area contributed by atoms with Gasteiger partial charge in [-0.2, -0.15) is 0 Å². The van der Waals surface area contributed by atoms with Gasteiger partial charge in [0.25, 0.3) is 6.20 Å². The van der Waals surface area contributed by atoms with Crippen LogP contribution in [-0.2, 0) is 6.42 Å². The number of aryl methyl sites for hydroxylation is 1. The van der Waals surface area contributed by atoms with Crippen molar-refractivity contribution in [1.82, 2.24) is 0 Å². The Morgan fingerprint density at radius 1 is 1.44 bits per heavy atom. The number of hydrogen-bond acceptors (Lipinski definition) is 4. The minimum atomic E-state index is -0.401. The predicted octanol–water partition coefficient (Wildman–Crippen LogP) is 3.40. The van der Waals surface area contributed by atoms with Crippen LogP contribution >= 0.6 is 23.5 Å². The lowest BCUT2D eigenvalue weighted by Crippen LogP contribution is -1.90. The molecule has 5 heteroatoms. The molecule has 0 heterocycles. The van der Waals surface area contributed by atoms with Crippen LogP contribution in [0.1, 0.15) is 5.56 Å². The van der Waals surface area contributed by atoms with Crippen molar-refractivity contribution in [2.75, 3.05) is 12.0 Å². The molecular weight excluding hydrogens is 242 g/mol. The van der Waals surface area contributed by atoms with Crippen molar-refractivity contribution in [2.45, 2.75) is 6.42 Å². The van der Waals surface area contributed by atoms with E-state index in [1.54, 1.807) is 0 Å². The molecule has 86 valence electrons. The molecule has 0 radical (unpaired) electrons. The van der Waals surface area contributed by atoms with E-state index in [4.69, 9.17) is 0 Å². The minimum Gasteiger partial charge on any atom is -0.259 e. The van der Waals surface area contributed by atoms with Gasteiger partial charge in [0, 0.05) is 5.75 Å². The molecule has 0 aliphatic carbocycles. The Bertz CT molecular complexity index is 366. The molecule has 1 aromatic carbocycles. The van der Waals surface area contributed by atoms with E-state index in [1.807, 2.05) is 24.5 Å². The number of rotatable bonds is 6. The van der Waals surface area contributed by atoms with Crippen LogP contribution in [0.2, 0.25) is 0 Å². The second-order valence-corrected chi connectivity index (χ2v) is 5.26. The van der Waals surface area contributed by atoms with E-state index in [0.29, 0.717) is 0 Å². The van der Waals surface area contributed by atoms with Crippen LogP contribution < -0.4 is 0 Å². The zero-order valence-corrected chi connectivity index (χ0v) is 10.6. The normalized spacial score (nSPS) is 11.4. The Labute approximate surface area is 103 Å². The standard InChI is InChI=1S/C11H13NO2S2/c1-15-11(9-12(13)14)16-8-7-10-5-3-2-4-6-10/h2-6,9H,7-8H2,1H3/b11-9-. The second kappa shape index (κ2) is 7.35. The van der Waals surface area contributed by atoms with Crippen LogP contribution in [0.25, 0.3) is 0 Å². The number of benzene rings is 1. The lowest BCUT2D eigenvalue weighted by molar-refractivity contribution is -0.402. The van der Waals surface area contributed by atoms with E-state index in [9.17, 15) is 10.1 Å². The van der Waals surface area contributed by atoms with E-state index in [0.717, 1.165) is 22.6 Å². The van der Waals surface area contributed by atoms with Gasteiger partial charge in [-0.05, 0) is 18.2 Å². The lowest BCUT2D eigenvalue weighted by atomic mass is 10.2. The van der Waals surface area contributed by atoms with Crippen molar-refractivity contribution in [2.24, 2.45) is 0 Å². The number of hydrogen-bond donors (Lipinski definition) is 0. The monoisotopic (exact) mass is 255 g/mol. The molecule has 0 saturated carbocycles. The summed E-state index contributed by atoms with van der Waals surface area (Å²) in [6.45, 7) is 0. The van der Waals surface area contributed by atoms with Gasteiger partial charge in [0.15, 0.2) is 0 Å². The Hall–Kier alpha value is -0.940. The van der Waals surface area contributed by atoms with Crippen LogP contribution in [0.4, 0.5) is 0 Å². The summed E-state index contributed by atoms with van der Waals surface area (Å²) < 4.78 is 0.751. The topological polar surface area (TPSA) is 43.1 Å². The third-order valence-corrected chi connectivity index (χ3v) is 4.05. The molecule has 16 heavy (non-hydrogen) atoms. The smallest absolute Gasteiger partial charge is 0.254 e. The van der Waals surface area contributed by atoms with Gasteiger partial charge in [0.05, 0.1) is 4.92 Å². The van der Waals surface area contributed by atoms with Crippen molar-refractivity contribution in [1.29, 1.82) is 0 Å². The first-order valence-corrected chi connectivity index (χ1v) is 6.99. The molecule has 0 aliphatic rings. The largest absolute Gasteiger partial charge is 0.259 e. The summed E-state index contributed by atoms with van der Waals surface area (Å²) in [6, 6.07) is 10.1. The number of thioether (sulfide) groups is 2. The Kier molecular flexibility index (Phi) is 6.03. The van der Waals surface area contributed by atoms with Gasteiger partial charge in [-0.1, -0.05) is 30.3 Å². The maximum absolute atomic E-state index is 10.3. The van der Waals surface area contributed by atoms with Crippen molar-refractivity contribution in [3.63, 3.8) is 0 Å². The molecule has 0 amide bonds. The molecule has 0 aliphatic heterocycles. The summed E-state index contributed by atoms with van der Waals surface area (Å²) in [7, 11) is 0. The van der Waals surface area contributed by atoms with Gasteiger partial charge in [-0.25, -0.2) is 0 Å². The second-order valence-electron chi connectivity index (χ2n) is 3.02. The molecule has 0 atom stereocenters. The average molecular weight is 255 g/mol. The lowest BCUT2D eigenvalue weighted by Gasteiger charge is -2.01. The Morgan fingerprint density at radius 2 is 2.12 bits per heavy atom. The highest BCUT2D eigenvalue weighted by Crippen LogP contribution is 2.26. The van der Waals surface area contributed by atoms with Gasteiger partial charge in [-0.3, -0.25) is 10.1 Å². The summed E-state index contributed by atoms with van der Waals surface area (Å²) in [4.78, 5) is 9.90. The quantitative estimate of drug-likeness (QED) is 0.577. The zero-order valence-electron chi connectivity index (χ0n) is 8.96. The summed E-state index contributed by atoms with van der Waals surface area (Å²) in [5.41, 5.74) is 1.26. The SMILES string of the molecule is CS/C(=C/[N+](=O)[O-])SCCc1ccccc1. The third kappa shape index (κ3) is 5.23. The highest BCUT2D eigenvalue weighted by molar-refractivity contribution is 8.21. The molecule has 1 aromatic rings. The van der Waals surface area contributed by atoms with Crippen LogP contribution in [0, 0.1) is 10.1 Å². The molecule has 0 N–H and O–H groups in total. The Balaban J connectivity index is 2.37. The van der Waals surface area contributed by atoms with Crippen molar-refractivity contribution in [3.8, 4) is 0 Å². The maximum atomic E-state index is 10.3. The fourth-order valence-electron chi connectivity index (χ4n) is 1.15. The maximum Gasteiger partial charge on any atom is 0.254 e. The molecule has 1 rings (SSSR count). The molecule has 0 unspecified atom stereocenters. The summed E-state index contributed by atoms with van der Waals surface area (Å²) in [6.07, 6.45) is 3.85. The number of nitrogens with zero attached hydrogens (tertiary/aromatic N) is 1. The van der Waals surface area contributed by atoms with Crippen LogP contribution in [0.15, 0.2) is 40.8 Å². The molecule has 0 fully saturated rings. The summed E-state index contributed by atoms with van der Waals surface area (Å²) in [5, 5.41) is 10.3. The van der Waals surface area contributed by atoms with E-state index >= 15 is 0 Å². The van der Waals surface area contributed by atoms with Crippen molar-refractivity contribution >= 4 is 23.5 Å². The molecule has 0 aromatic heterocycles. The first-order chi connectivity index (χ1) is 7.72. The van der Waals surface area contributed by atoms with Gasteiger partial charge >= 0.3 is 0 Å². The third-order valence-electron chi connectivity index (χ3n) is 1.89. The van der Waals surface area contributed by atoms with E-state index in [1.165, 1.54) is 29.1 Å². The zero-order chi connectivity index (χ0) is 11.8. The van der Waals surface area contributed by atoms with Gasteiger partial charge in [0.2, 0.25) is 0 Å². The van der Waals surface area contributed by atoms with Gasteiger partial charge in [-0.15, -0.1) is 23.5 Å². The van der Waals surface area contributed by atoms with E-state index in [-0.39, 0.29) is 0 Å². The first kappa shape index (κ1) is 13.1. The molecular formula is C11H13NO2S2. The number of nitro groups is 1. The van der Waals surface area contributed by atoms with Crippen molar-refractivity contribution < 1.29 is 4.92 Å². The molecule has 0 bridgehead atoms.